The number of carbonyl (C=O) groups excluding carboxylic acids is 1. The van der Waals surface area contributed by atoms with Gasteiger partial charge in [-0.25, -0.2) is 0 Å². The van der Waals surface area contributed by atoms with Crippen LogP contribution in [0.4, 0.5) is 13.2 Å². The Morgan fingerprint density at radius 3 is 2.43 bits per heavy atom. The first-order valence-corrected chi connectivity index (χ1v) is 11.6. The van der Waals surface area contributed by atoms with Crippen LogP contribution in [0.15, 0.2) is 52.8 Å². The van der Waals surface area contributed by atoms with Gasteiger partial charge in [0, 0.05) is 37.0 Å². The zero-order valence-corrected chi connectivity index (χ0v) is 20.3. The van der Waals surface area contributed by atoms with Crippen molar-refractivity contribution in [2.75, 3.05) is 20.8 Å². The molecule has 1 amide bonds. The Labute approximate surface area is 204 Å². The number of ether oxygens (including phenoxy) is 3. The molecule has 0 saturated carbocycles. The average molecular weight is 510 g/mol. The third kappa shape index (κ3) is 7.51. The van der Waals surface area contributed by atoms with Gasteiger partial charge in [0.2, 0.25) is 5.91 Å². The molecular formula is C24H26F3N3O4S. The summed E-state index contributed by atoms with van der Waals surface area (Å²) in [6.45, 7) is 2.86. The van der Waals surface area contributed by atoms with Crippen LogP contribution in [-0.2, 0) is 17.9 Å². The predicted molar refractivity (Wildman–Crippen MR) is 127 cm³/mol. The molecule has 188 valence electrons. The van der Waals surface area contributed by atoms with Crippen molar-refractivity contribution in [3.8, 4) is 28.5 Å². The van der Waals surface area contributed by atoms with Crippen LogP contribution in [0.1, 0.15) is 18.9 Å². The largest absolute Gasteiger partial charge is 0.573 e. The monoisotopic (exact) mass is 509 g/mol. The van der Waals surface area contributed by atoms with Crippen molar-refractivity contribution in [3.63, 3.8) is 0 Å². The molecule has 0 saturated heterocycles. The van der Waals surface area contributed by atoms with Gasteiger partial charge in [-0.2, -0.15) is 0 Å². The highest BCUT2D eigenvalue weighted by Gasteiger charge is 2.31. The molecule has 3 rings (SSSR count). The molecular weight excluding hydrogens is 483 g/mol. The zero-order chi connectivity index (χ0) is 25.4. The van der Waals surface area contributed by atoms with Gasteiger partial charge in [0.05, 0.1) is 26.5 Å². The summed E-state index contributed by atoms with van der Waals surface area (Å²) in [6.07, 6.45) is -4.10. The van der Waals surface area contributed by atoms with Gasteiger partial charge in [-0.15, -0.1) is 24.5 Å². The highest BCUT2D eigenvalue weighted by Crippen LogP contribution is 2.28. The van der Waals surface area contributed by atoms with Crippen LogP contribution in [0.2, 0.25) is 0 Å². The van der Waals surface area contributed by atoms with E-state index in [0.29, 0.717) is 37.6 Å². The van der Waals surface area contributed by atoms with E-state index in [1.54, 1.807) is 32.4 Å². The van der Waals surface area contributed by atoms with E-state index < -0.39 is 6.36 Å². The van der Waals surface area contributed by atoms with Crippen molar-refractivity contribution in [1.29, 1.82) is 0 Å². The lowest BCUT2D eigenvalue weighted by Crippen LogP contribution is -2.24. The van der Waals surface area contributed by atoms with Crippen molar-refractivity contribution in [3.05, 3.63) is 58.2 Å². The van der Waals surface area contributed by atoms with E-state index >= 15 is 0 Å². The number of halogens is 3. The summed E-state index contributed by atoms with van der Waals surface area (Å²) in [5.41, 5.74) is 2.40. The number of amides is 1. The number of methoxy groups -OCH3 is 2. The van der Waals surface area contributed by atoms with Gasteiger partial charge in [-0.3, -0.25) is 9.79 Å². The van der Waals surface area contributed by atoms with Crippen molar-refractivity contribution in [1.82, 2.24) is 9.88 Å². The summed E-state index contributed by atoms with van der Waals surface area (Å²) in [5, 5.41) is 4.67. The molecule has 7 nitrogen and oxygen atoms in total. The van der Waals surface area contributed by atoms with Crippen LogP contribution >= 0.6 is 11.3 Å². The molecule has 1 heterocycles. The minimum atomic E-state index is -4.75. The number of carbonyl (C=O) groups is 1. The highest BCUT2D eigenvalue weighted by molar-refractivity contribution is 7.07. The van der Waals surface area contributed by atoms with E-state index in [-0.39, 0.29) is 11.7 Å². The second kappa shape index (κ2) is 11.8. The molecule has 11 heteroatoms. The van der Waals surface area contributed by atoms with Crippen LogP contribution in [-0.4, -0.2) is 37.6 Å². The van der Waals surface area contributed by atoms with Crippen molar-refractivity contribution in [2.24, 2.45) is 4.99 Å². The Hall–Kier alpha value is -3.47. The van der Waals surface area contributed by atoms with Crippen LogP contribution in [0, 0.1) is 0 Å². The molecule has 0 unspecified atom stereocenters. The lowest BCUT2D eigenvalue weighted by atomic mass is 10.1. The normalized spacial score (nSPS) is 11.9. The smallest absolute Gasteiger partial charge is 0.497 e. The Kier molecular flexibility index (Phi) is 8.80. The van der Waals surface area contributed by atoms with Crippen molar-refractivity contribution < 1.29 is 32.2 Å². The van der Waals surface area contributed by atoms with E-state index in [9.17, 15) is 18.0 Å². The Bertz CT molecular complexity index is 1200. The molecule has 0 fully saturated rings. The van der Waals surface area contributed by atoms with Crippen molar-refractivity contribution in [2.45, 2.75) is 32.8 Å². The molecule has 35 heavy (non-hydrogen) atoms. The number of nitrogens with one attached hydrogen (secondary N) is 1. The minimum absolute atomic E-state index is 0.114. The van der Waals surface area contributed by atoms with E-state index in [2.05, 4.69) is 10.1 Å². The number of aromatic nitrogens is 1. The summed E-state index contributed by atoms with van der Waals surface area (Å²) < 4.78 is 54.2. The van der Waals surface area contributed by atoms with Gasteiger partial charge in [0.1, 0.15) is 17.2 Å². The number of thiazole rings is 1. The Morgan fingerprint density at radius 2 is 1.80 bits per heavy atom. The summed E-state index contributed by atoms with van der Waals surface area (Å²) >= 11 is 1.42. The molecule has 1 aromatic heterocycles. The van der Waals surface area contributed by atoms with Gasteiger partial charge < -0.3 is 24.1 Å². The molecule has 0 bridgehead atoms. The average Bonchev–Trinajstić information content (AvgIpc) is 3.22. The third-order valence-electron chi connectivity index (χ3n) is 4.99. The van der Waals surface area contributed by atoms with Gasteiger partial charge in [-0.05, 0) is 48.4 Å². The minimum Gasteiger partial charge on any atom is -0.497 e. The van der Waals surface area contributed by atoms with Gasteiger partial charge in [0.25, 0.3) is 0 Å². The quantitative estimate of drug-likeness (QED) is 0.400. The molecule has 0 spiro atoms. The number of rotatable bonds is 10. The maximum atomic E-state index is 12.5. The fourth-order valence-corrected chi connectivity index (χ4v) is 4.30. The van der Waals surface area contributed by atoms with Gasteiger partial charge in [-0.1, -0.05) is 0 Å². The fourth-order valence-electron chi connectivity index (χ4n) is 3.37. The number of hydrogen-bond acceptors (Lipinski definition) is 6. The number of alkyl halides is 3. The first-order chi connectivity index (χ1) is 16.7. The Balaban J connectivity index is 1.91. The highest BCUT2D eigenvalue weighted by atomic mass is 32.1. The molecule has 3 aromatic rings. The maximum absolute atomic E-state index is 12.5. The summed E-state index contributed by atoms with van der Waals surface area (Å²) in [6, 6.07) is 11.2. The fraction of sp³-hybridized carbons (Fsp3) is 0.333. The van der Waals surface area contributed by atoms with E-state index in [1.165, 1.54) is 30.4 Å². The molecule has 0 atom stereocenters. The molecule has 0 aliphatic rings. The van der Waals surface area contributed by atoms with E-state index in [4.69, 9.17) is 14.5 Å². The molecule has 0 radical (unpaired) electrons. The molecule has 2 aromatic carbocycles. The third-order valence-corrected chi connectivity index (χ3v) is 5.89. The predicted octanol–water partition coefficient (Wildman–Crippen LogP) is 4.76. The van der Waals surface area contributed by atoms with Crippen LogP contribution < -0.4 is 24.3 Å². The second-order valence-corrected chi connectivity index (χ2v) is 8.29. The molecule has 0 aliphatic carbocycles. The Morgan fingerprint density at radius 1 is 1.09 bits per heavy atom. The van der Waals surface area contributed by atoms with E-state index in [0.717, 1.165) is 21.6 Å². The summed E-state index contributed by atoms with van der Waals surface area (Å²) in [4.78, 5) is 16.7. The van der Waals surface area contributed by atoms with E-state index in [1.807, 2.05) is 22.1 Å². The van der Waals surface area contributed by atoms with Gasteiger partial charge in [0.15, 0.2) is 4.80 Å². The molecule has 1 N–H and O–H groups in total. The maximum Gasteiger partial charge on any atom is 0.573 e. The topological polar surface area (TPSA) is 74.1 Å². The van der Waals surface area contributed by atoms with Crippen LogP contribution in [0.3, 0.4) is 0 Å². The number of benzene rings is 2. The van der Waals surface area contributed by atoms with Crippen molar-refractivity contribution >= 4 is 17.2 Å². The van der Waals surface area contributed by atoms with Crippen LogP contribution in [0.25, 0.3) is 11.3 Å². The summed E-state index contributed by atoms with van der Waals surface area (Å²) in [7, 11) is 3.16. The standard InChI is InChI=1S/C24H26F3N3O4S/c1-16(31)28-11-4-12-30-21(17-5-8-19(9-6-17)34-24(25,26)27)15-35-23(30)29-14-18-7-10-20(32-2)13-22(18)33-3/h5-10,13,15H,4,11-12,14H2,1-3H3,(H,28,31)/b29-23-. The lowest BCUT2D eigenvalue weighted by Gasteiger charge is -2.12. The van der Waals surface area contributed by atoms with Crippen LogP contribution in [0.5, 0.6) is 17.2 Å². The number of hydrogen-bond donors (Lipinski definition) is 1. The molecule has 0 aliphatic heterocycles. The second-order valence-electron chi connectivity index (χ2n) is 7.46. The zero-order valence-electron chi connectivity index (χ0n) is 19.5. The van der Waals surface area contributed by atoms with Gasteiger partial charge >= 0.3 is 6.36 Å². The first kappa shape index (κ1) is 26.1. The SMILES string of the molecule is COc1ccc(C/N=c2\scc(-c3ccc(OC(F)(F)F)cc3)n2CCCNC(C)=O)c(OC)c1. The summed E-state index contributed by atoms with van der Waals surface area (Å²) in [5.74, 6) is 0.930. The first-order valence-electron chi connectivity index (χ1n) is 10.7. The lowest BCUT2D eigenvalue weighted by molar-refractivity contribution is -0.274. The number of nitrogens with zero attached hydrogens (tertiary/aromatic N) is 2.